The molecule has 54 heavy (non-hydrogen) atoms. The second-order valence-corrected chi connectivity index (χ2v) is 14.6. The number of carbonyl (C=O) groups excluding carboxylic acids is 2. The number of hydrogen-bond donors (Lipinski definition) is 4. The minimum atomic E-state index is -1.02. The number of carbonyl (C=O) groups is 3. The quantitative estimate of drug-likeness (QED) is 0.0725. The van der Waals surface area contributed by atoms with Gasteiger partial charge >= 0.3 is 5.97 Å². The van der Waals surface area contributed by atoms with E-state index in [1.807, 2.05) is 34.1 Å². The van der Waals surface area contributed by atoms with Crippen molar-refractivity contribution in [2.24, 2.45) is 5.41 Å². The molecule has 1 aliphatic rings. The van der Waals surface area contributed by atoms with Crippen molar-refractivity contribution >= 4 is 18.2 Å². The molecule has 0 aliphatic heterocycles. The summed E-state index contributed by atoms with van der Waals surface area (Å²) in [7, 11) is 1.62. The summed E-state index contributed by atoms with van der Waals surface area (Å²) in [5, 5.41) is 24.1. The van der Waals surface area contributed by atoms with Crippen molar-refractivity contribution < 1.29 is 64.5 Å². The molecule has 1 amide bonds. The summed E-state index contributed by atoms with van der Waals surface area (Å²) < 4.78 is 29.9. The Bertz CT molecular complexity index is 1750. The van der Waals surface area contributed by atoms with E-state index in [4.69, 9.17) is 5.11 Å². The van der Waals surface area contributed by atoms with Crippen LogP contribution in [0.15, 0.2) is 47.4 Å². The molecule has 0 unspecified atom stereocenters. The minimum Gasteiger partial charge on any atom is -0.508 e. The number of halogens is 2. The fourth-order valence-corrected chi connectivity index (χ4v) is 7.23. The zero-order chi connectivity index (χ0) is 40.1. The number of hydrogen-bond acceptors (Lipinski definition) is 6. The van der Waals surface area contributed by atoms with E-state index in [0.717, 1.165) is 47.9 Å². The van der Waals surface area contributed by atoms with Gasteiger partial charge in [-0.25, -0.2) is 8.78 Å². The van der Waals surface area contributed by atoms with Gasteiger partial charge in [0.05, 0.1) is 12.5 Å². The Kier molecular flexibility index (Phi) is 20.1. The molecule has 4 rings (SSSR count). The first-order valence-corrected chi connectivity index (χ1v) is 18.3. The Morgan fingerprint density at radius 3 is 2.17 bits per heavy atom. The Labute approximate surface area is 343 Å². The van der Waals surface area contributed by atoms with Crippen LogP contribution in [0.25, 0.3) is 11.1 Å². The number of alkyl halides is 1. The third-order valence-electron chi connectivity index (χ3n) is 9.61. The first-order chi connectivity index (χ1) is 24.9. The zero-order valence-corrected chi connectivity index (χ0v) is 37.4. The molecule has 0 bridgehead atoms. The van der Waals surface area contributed by atoms with E-state index in [2.05, 4.69) is 17.6 Å². The third kappa shape index (κ3) is 13.8. The monoisotopic (exact) mass is 976 g/mol. The number of aldehydes is 1. The van der Waals surface area contributed by atoms with Gasteiger partial charge in [0, 0.05) is 55.5 Å². The van der Waals surface area contributed by atoms with E-state index in [1.165, 1.54) is 10.6 Å². The molecule has 1 aliphatic carbocycles. The fourth-order valence-electron chi connectivity index (χ4n) is 7.23. The molecule has 296 valence electrons. The van der Waals surface area contributed by atoms with Gasteiger partial charge in [-0.15, -0.1) is 0 Å². The summed E-state index contributed by atoms with van der Waals surface area (Å²) in [5.74, 6) is -1.74. The number of phenolic OH excluding ortho intramolecular Hbond substituents is 1. The van der Waals surface area contributed by atoms with Crippen molar-refractivity contribution in [2.45, 2.75) is 125 Å². The third-order valence-corrected chi connectivity index (χ3v) is 9.61. The van der Waals surface area contributed by atoms with Crippen LogP contribution in [0.2, 0.25) is 0 Å². The number of benzene rings is 2. The van der Waals surface area contributed by atoms with Gasteiger partial charge in [-0.2, -0.15) is 13.8 Å². The van der Waals surface area contributed by atoms with E-state index in [1.54, 1.807) is 64.3 Å². The van der Waals surface area contributed by atoms with Crippen LogP contribution < -0.4 is 16.2 Å². The second kappa shape index (κ2) is 22.3. The van der Waals surface area contributed by atoms with Crippen LogP contribution in [0.1, 0.15) is 118 Å². The molecule has 0 radical (unpaired) electrons. The number of rotatable bonds is 14. The van der Waals surface area contributed by atoms with Crippen molar-refractivity contribution in [2.75, 3.05) is 7.05 Å². The maximum absolute atomic E-state index is 14.6. The normalized spacial score (nSPS) is 18.3. The Morgan fingerprint density at radius 1 is 1.07 bits per heavy atom. The van der Waals surface area contributed by atoms with Gasteiger partial charge in [-0.1, -0.05) is 19.8 Å². The Morgan fingerprint density at radius 2 is 1.67 bits per heavy atom. The topological polar surface area (TPSA) is 138 Å². The molecule has 1 heterocycles. The average Bonchev–Trinajstić information content (AvgIpc) is 3.06. The summed E-state index contributed by atoms with van der Waals surface area (Å²) in [6, 6.07) is 8.64. The number of nitrogens with one attached hydrogen (secondary N) is 2. The first-order valence-electron chi connectivity index (χ1n) is 18.3. The average molecular weight is 977 g/mol. The first kappa shape index (κ1) is 48.7. The van der Waals surface area contributed by atoms with E-state index in [9.17, 15) is 33.1 Å². The molecule has 1 fully saturated rings. The minimum absolute atomic E-state index is 0. The second-order valence-electron chi connectivity index (χ2n) is 14.6. The zero-order valence-electron chi connectivity index (χ0n) is 33.2. The standard InChI is InChI=1S/C20H29FN2O3.C19H22FNO3.C3H7.U/c1-4-20(13-19(3,21)14-20)9-5-6-10-23-11-7-8-16(18(23)26)17(25)22-15(2)12-24;1-10-6-14(22)7-11(2)18(10)13-5-12(3)19(20)15(8-13)16(21-4)9-17(23)24;1-3-2;/h7-8,11-12,15H,4-6,9-10,13-14H2,1-3H3,(H,22,25);5-8,16,21-22H,9H2,1-4H3,(H,23,24);3H,1-2H3;/q;;-1;/t15-,19?,20?;16-;;/m00../s1. The van der Waals surface area contributed by atoms with Crippen LogP contribution in [0.4, 0.5) is 8.78 Å². The molecular weight excluding hydrogens is 919 g/mol. The van der Waals surface area contributed by atoms with Gasteiger partial charge in [-0.3, -0.25) is 14.4 Å². The summed E-state index contributed by atoms with van der Waals surface area (Å²) in [6.07, 6.45) is 9.01. The molecule has 3 aromatic rings. The number of nitrogens with zero attached hydrogens (tertiary/aromatic N) is 1. The number of aliphatic carboxylic acids is 1. The van der Waals surface area contributed by atoms with Crippen LogP contribution in [-0.2, 0) is 16.1 Å². The van der Waals surface area contributed by atoms with Crippen LogP contribution in [0, 0.1) is 69.5 Å². The number of aromatic hydroxyl groups is 1. The van der Waals surface area contributed by atoms with E-state index < -0.39 is 35.4 Å². The number of aromatic nitrogens is 1. The van der Waals surface area contributed by atoms with Gasteiger partial charge in [0.2, 0.25) is 0 Å². The number of carboxylic acids is 1. The molecular formula is C42H58F2N3O6U-. The van der Waals surface area contributed by atoms with Gasteiger partial charge in [0.1, 0.15) is 29.1 Å². The molecule has 0 spiro atoms. The molecule has 2 aromatic carbocycles. The van der Waals surface area contributed by atoms with Crippen molar-refractivity contribution in [3.63, 3.8) is 0 Å². The molecule has 4 N–H and O–H groups in total. The van der Waals surface area contributed by atoms with Crippen LogP contribution >= 0.6 is 0 Å². The smallest absolute Gasteiger partial charge is 0.305 e. The predicted molar refractivity (Wildman–Crippen MR) is 206 cm³/mol. The largest absolute Gasteiger partial charge is 0.508 e. The van der Waals surface area contributed by atoms with Crippen LogP contribution in [0.3, 0.4) is 0 Å². The number of carboxylic acid groups (broad SMARTS) is 1. The number of pyridine rings is 1. The number of aryl methyl sites for hydroxylation is 4. The number of amides is 1. The van der Waals surface area contributed by atoms with Gasteiger partial charge in [0.15, 0.2) is 0 Å². The molecule has 0 saturated heterocycles. The predicted octanol–water partition coefficient (Wildman–Crippen LogP) is 8.34. The van der Waals surface area contributed by atoms with Gasteiger partial charge in [0.25, 0.3) is 11.5 Å². The fraction of sp³-hybridized carbons (Fsp3) is 0.500. The maximum atomic E-state index is 14.6. The van der Waals surface area contributed by atoms with Crippen molar-refractivity contribution in [3.8, 4) is 16.9 Å². The summed E-state index contributed by atoms with van der Waals surface area (Å²) in [4.78, 5) is 46.2. The van der Waals surface area contributed by atoms with Crippen molar-refractivity contribution in [3.05, 3.63) is 93.0 Å². The summed E-state index contributed by atoms with van der Waals surface area (Å²) >= 11 is 0. The molecule has 1 aromatic heterocycles. The van der Waals surface area contributed by atoms with E-state index in [0.29, 0.717) is 36.8 Å². The molecule has 2 atom stereocenters. The van der Waals surface area contributed by atoms with Crippen molar-refractivity contribution in [1.29, 1.82) is 0 Å². The van der Waals surface area contributed by atoms with Crippen LogP contribution in [-0.4, -0.2) is 51.7 Å². The van der Waals surface area contributed by atoms with Crippen LogP contribution in [0.5, 0.6) is 5.75 Å². The van der Waals surface area contributed by atoms with E-state index in [-0.39, 0.29) is 59.8 Å². The number of phenols is 1. The summed E-state index contributed by atoms with van der Waals surface area (Å²) in [5.41, 5.74) is 3.06. The van der Waals surface area contributed by atoms with Crippen molar-refractivity contribution in [1.82, 2.24) is 15.2 Å². The summed E-state index contributed by atoms with van der Waals surface area (Å²) in [6.45, 7) is 15.3. The van der Waals surface area contributed by atoms with Gasteiger partial charge < -0.3 is 36.6 Å². The molecule has 9 nitrogen and oxygen atoms in total. The van der Waals surface area contributed by atoms with Gasteiger partial charge in [-0.05, 0) is 137 Å². The molecule has 12 heteroatoms. The maximum Gasteiger partial charge on any atom is 0.305 e. The Hall–Kier alpha value is -3.33. The Balaban J connectivity index is 0.000000496. The molecule has 1 saturated carbocycles. The SMILES string of the molecule is CCC1(CCCCn2cccc(C(=O)N[C@@H](C)C=O)c2=O)CC(C)(F)C1.CN[C@@H](CC(=O)O)c1cc(-c2c(C)cc(O)cc2C)cc(C)c1F.C[CH-]C.[U]. The van der Waals surface area contributed by atoms with E-state index >= 15 is 0 Å². The number of unbranched alkanes of at least 4 members (excludes halogenated alkanes) is 1.